The summed E-state index contributed by atoms with van der Waals surface area (Å²) < 4.78 is 0. The molecule has 1 aromatic rings. The average Bonchev–Trinajstić information content (AvgIpc) is 2.26. The monoisotopic (exact) mass is 221 g/mol. The van der Waals surface area contributed by atoms with Gasteiger partial charge in [0.15, 0.2) is 5.11 Å². The van der Waals surface area contributed by atoms with E-state index in [1.54, 1.807) is 7.05 Å². The first-order chi connectivity index (χ1) is 7.13. The van der Waals surface area contributed by atoms with Crippen LogP contribution in [0.2, 0.25) is 0 Å². The zero-order valence-electron chi connectivity index (χ0n) is 9.16. The molecule has 0 aliphatic heterocycles. The lowest BCUT2D eigenvalue weighted by atomic mass is 10.1. The Labute approximate surface area is 95.6 Å². The van der Waals surface area contributed by atoms with Crippen molar-refractivity contribution in [3.05, 3.63) is 35.4 Å². The molecule has 1 rings (SSSR count). The molecule has 0 saturated heterocycles. The molecular formula is C11H15N3S. The van der Waals surface area contributed by atoms with E-state index in [-0.39, 0.29) is 0 Å². The van der Waals surface area contributed by atoms with Crippen molar-refractivity contribution in [3.63, 3.8) is 0 Å². The fourth-order valence-corrected chi connectivity index (χ4v) is 1.10. The largest absolute Gasteiger partial charge is 0.364 e. The first-order valence-corrected chi connectivity index (χ1v) is 5.13. The van der Waals surface area contributed by atoms with Crippen LogP contribution in [-0.4, -0.2) is 17.9 Å². The summed E-state index contributed by atoms with van der Waals surface area (Å²) in [7, 11) is 1.76. The zero-order valence-corrected chi connectivity index (χ0v) is 9.98. The molecule has 0 atom stereocenters. The Morgan fingerprint density at radius 2 is 1.87 bits per heavy atom. The maximum absolute atomic E-state index is 4.92. The number of benzene rings is 1. The van der Waals surface area contributed by atoms with Crippen molar-refractivity contribution in [3.8, 4) is 0 Å². The number of aryl methyl sites for hydroxylation is 1. The quantitative estimate of drug-likeness (QED) is 0.454. The topological polar surface area (TPSA) is 36.4 Å². The second-order valence-electron chi connectivity index (χ2n) is 3.25. The van der Waals surface area contributed by atoms with Crippen LogP contribution >= 0.6 is 12.2 Å². The van der Waals surface area contributed by atoms with Gasteiger partial charge in [-0.1, -0.05) is 29.8 Å². The van der Waals surface area contributed by atoms with Gasteiger partial charge >= 0.3 is 0 Å². The smallest absolute Gasteiger partial charge is 0.186 e. The molecule has 15 heavy (non-hydrogen) atoms. The molecule has 0 spiro atoms. The highest BCUT2D eigenvalue weighted by Gasteiger charge is 1.96. The molecule has 0 saturated carbocycles. The van der Waals surface area contributed by atoms with Gasteiger partial charge in [0.2, 0.25) is 0 Å². The van der Waals surface area contributed by atoms with E-state index in [0.717, 1.165) is 11.3 Å². The highest BCUT2D eigenvalue weighted by Crippen LogP contribution is 2.03. The van der Waals surface area contributed by atoms with Crippen molar-refractivity contribution >= 4 is 23.0 Å². The van der Waals surface area contributed by atoms with Gasteiger partial charge in [-0.3, -0.25) is 5.43 Å². The van der Waals surface area contributed by atoms with Crippen LogP contribution in [0.5, 0.6) is 0 Å². The van der Waals surface area contributed by atoms with Crippen LogP contribution in [-0.2, 0) is 0 Å². The van der Waals surface area contributed by atoms with E-state index in [9.17, 15) is 0 Å². The zero-order chi connectivity index (χ0) is 11.3. The van der Waals surface area contributed by atoms with Crippen LogP contribution < -0.4 is 10.7 Å². The number of hydrogen-bond donors (Lipinski definition) is 2. The number of nitrogens with one attached hydrogen (secondary N) is 2. The molecular weight excluding hydrogens is 206 g/mol. The third-order valence-electron chi connectivity index (χ3n) is 2.02. The Hall–Kier alpha value is -1.42. The van der Waals surface area contributed by atoms with E-state index >= 15 is 0 Å². The minimum absolute atomic E-state index is 0.515. The predicted octanol–water partition coefficient (Wildman–Crippen LogP) is 1.81. The summed E-state index contributed by atoms with van der Waals surface area (Å²) >= 11 is 4.92. The van der Waals surface area contributed by atoms with E-state index in [1.807, 2.05) is 19.1 Å². The Bertz CT molecular complexity index is 368. The maximum Gasteiger partial charge on any atom is 0.186 e. The van der Waals surface area contributed by atoms with Crippen LogP contribution in [0.3, 0.4) is 0 Å². The lowest BCUT2D eigenvalue weighted by Crippen LogP contribution is -2.29. The van der Waals surface area contributed by atoms with Gasteiger partial charge < -0.3 is 5.32 Å². The number of nitrogens with zero attached hydrogens (tertiary/aromatic N) is 1. The predicted molar refractivity (Wildman–Crippen MR) is 68.2 cm³/mol. The van der Waals surface area contributed by atoms with Crippen molar-refractivity contribution in [2.75, 3.05) is 7.05 Å². The van der Waals surface area contributed by atoms with Gasteiger partial charge in [0, 0.05) is 7.05 Å². The van der Waals surface area contributed by atoms with Gasteiger partial charge in [0.1, 0.15) is 0 Å². The second kappa shape index (κ2) is 5.46. The van der Waals surface area contributed by atoms with Crippen molar-refractivity contribution in [2.24, 2.45) is 5.10 Å². The van der Waals surface area contributed by atoms with Crippen LogP contribution in [0.4, 0.5) is 0 Å². The van der Waals surface area contributed by atoms with Gasteiger partial charge in [-0.15, -0.1) is 0 Å². The van der Waals surface area contributed by atoms with E-state index in [4.69, 9.17) is 12.2 Å². The molecule has 0 heterocycles. The molecule has 2 N–H and O–H groups in total. The molecule has 80 valence electrons. The first-order valence-electron chi connectivity index (χ1n) is 4.72. The third-order valence-corrected chi connectivity index (χ3v) is 2.32. The molecule has 1 aromatic carbocycles. The summed E-state index contributed by atoms with van der Waals surface area (Å²) in [5, 5.41) is 7.47. The van der Waals surface area contributed by atoms with Gasteiger partial charge in [-0.2, -0.15) is 5.10 Å². The van der Waals surface area contributed by atoms with E-state index in [0.29, 0.717) is 5.11 Å². The standard InChI is InChI=1S/C11H15N3S/c1-8-4-6-10(7-5-8)9(2)13-14-11(15)12-3/h4-7H,1-3H3,(H2,12,14,15)/b13-9-. The van der Waals surface area contributed by atoms with Crippen molar-refractivity contribution in [2.45, 2.75) is 13.8 Å². The van der Waals surface area contributed by atoms with Crippen LogP contribution in [0, 0.1) is 6.92 Å². The van der Waals surface area contributed by atoms with Crippen molar-refractivity contribution in [1.82, 2.24) is 10.7 Å². The number of hydrogen-bond acceptors (Lipinski definition) is 2. The minimum Gasteiger partial charge on any atom is -0.364 e. The Balaban J connectivity index is 2.71. The van der Waals surface area contributed by atoms with Gasteiger partial charge in [-0.25, -0.2) is 0 Å². The molecule has 0 amide bonds. The molecule has 0 aromatic heterocycles. The van der Waals surface area contributed by atoms with Gasteiger partial charge in [0.25, 0.3) is 0 Å². The second-order valence-corrected chi connectivity index (χ2v) is 3.66. The molecule has 0 fully saturated rings. The fraction of sp³-hybridized carbons (Fsp3) is 0.273. The lowest BCUT2D eigenvalue weighted by Gasteiger charge is -2.04. The van der Waals surface area contributed by atoms with Crippen molar-refractivity contribution < 1.29 is 0 Å². The number of rotatable bonds is 2. The van der Waals surface area contributed by atoms with Gasteiger partial charge in [0.05, 0.1) is 5.71 Å². The highest BCUT2D eigenvalue weighted by molar-refractivity contribution is 7.80. The minimum atomic E-state index is 0.515. The van der Waals surface area contributed by atoms with Crippen LogP contribution in [0.25, 0.3) is 0 Å². The first kappa shape index (κ1) is 11.7. The van der Waals surface area contributed by atoms with Crippen LogP contribution in [0.1, 0.15) is 18.1 Å². The third kappa shape index (κ3) is 3.67. The van der Waals surface area contributed by atoms with E-state index < -0.39 is 0 Å². The molecule has 0 aliphatic carbocycles. The Morgan fingerprint density at radius 3 is 2.40 bits per heavy atom. The average molecular weight is 221 g/mol. The maximum atomic E-state index is 4.92. The van der Waals surface area contributed by atoms with E-state index in [2.05, 4.69) is 34.9 Å². The summed E-state index contributed by atoms with van der Waals surface area (Å²) in [5.74, 6) is 0. The summed E-state index contributed by atoms with van der Waals surface area (Å²) in [4.78, 5) is 0. The lowest BCUT2D eigenvalue weighted by molar-refractivity contribution is 0.974. The summed E-state index contributed by atoms with van der Waals surface area (Å²) in [6.07, 6.45) is 0. The number of hydrazone groups is 1. The fourth-order valence-electron chi connectivity index (χ4n) is 1.05. The number of thiocarbonyl (C=S) groups is 1. The molecule has 0 bridgehead atoms. The van der Waals surface area contributed by atoms with Crippen LogP contribution in [0.15, 0.2) is 29.4 Å². The van der Waals surface area contributed by atoms with Gasteiger partial charge in [-0.05, 0) is 31.6 Å². The van der Waals surface area contributed by atoms with E-state index in [1.165, 1.54) is 5.56 Å². The Morgan fingerprint density at radius 1 is 1.27 bits per heavy atom. The molecule has 4 heteroatoms. The molecule has 0 aliphatic rings. The normalized spacial score (nSPS) is 11.0. The summed E-state index contributed by atoms with van der Waals surface area (Å²) in [6.45, 7) is 4.00. The highest BCUT2D eigenvalue weighted by atomic mass is 32.1. The molecule has 0 unspecified atom stereocenters. The molecule has 3 nitrogen and oxygen atoms in total. The summed E-state index contributed by atoms with van der Waals surface area (Å²) in [6, 6.07) is 8.20. The van der Waals surface area contributed by atoms with Crippen molar-refractivity contribution in [1.29, 1.82) is 0 Å². The summed E-state index contributed by atoms with van der Waals surface area (Å²) in [5.41, 5.74) is 5.99. The SMILES string of the molecule is CNC(=S)N/N=C(/C)c1ccc(C)cc1. The Kier molecular flexibility index (Phi) is 4.24. The molecule has 0 radical (unpaired) electrons.